The van der Waals surface area contributed by atoms with E-state index in [2.05, 4.69) is 49.6 Å². The summed E-state index contributed by atoms with van der Waals surface area (Å²) in [5.41, 5.74) is 4.57. The van der Waals surface area contributed by atoms with E-state index in [4.69, 9.17) is 0 Å². The van der Waals surface area contributed by atoms with Crippen molar-refractivity contribution in [1.82, 2.24) is 0 Å². The van der Waals surface area contributed by atoms with Crippen molar-refractivity contribution in [2.75, 3.05) is 0 Å². The average molecular weight is 301 g/mol. The molecule has 0 aliphatic rings. The number of rotatable bonds is 9. The monoisotopic (exact) mass is 300 g/mol. The van der Waals surface area contributed by atoms with Crippen molar-refractivity contribution in [3.05, 3.63) is 46.8 Å². The Balaban J connectivity index is 1.99. The lowest BCUT2D eigenvalue weighted by Crippen LogP contribution is -1.92. The molecule has 0 bridgehead atoms. The van der Waals surface area contributed by atoms with Gasteiger partial charge in [0.25, 0.3) is 0 Å². The van der Waals surface area contributed by atoms with Crippen molar-refractivity contribution in [3.63, 3.8) is 0 Å². The van der Waals surface area contributed by atoms with Crippen LogP contribution in [0.4, 0.5) is 0 Å². The minimum atomic E-state index is 1.16. The lowest BCUT2D eigenvalue weighted by Gasteiger charge is -2.07. The Labute approximate surface area is 134 Å². The zero-order valence-electron chi connectivity index (χ0n) is 13.5. The highest BCUT2D eigenvalue weighted by Gasteiger charge is 2.11. The number of hydrogen-bond acceptors (Lipinski definition) is 1. The summed E-state index contributed by atoms with van der Waals surface area (Å²) in [6.07, 6.45) is 10.7. The molecule has 0 amide bonds. The van der Waals surface area contributed by atoms with Gasteiger partial charge in [-0.2, -0.15) is 0 Å². The van der Waals surface area contributed by atoms with Crippen LogP contribution in [0.25, 0.3) is 10.4 Å². The number of thiophene rings is 1. The van der Waals surface area contributed by atoms with Crippen molar-refractivity contribution in [3.8, 4) is 10.4 Å². The Bertz CT molecular complexity index is 510. The van der Waals surface area contributed by atoms with Gasteiger partial charge in [-0.25, -0.2) is 0 Å². The topological polar surface area (TPSA) is 0 Å². The Hall–Kier alpha value is -1.08. The lowest BCUT2D eigenvalue weighted by molar-refractivity contribution is 0.607. The van der Waals surface area contributed by atoms with E-state index in [-0.39, 0.29) is 0 Å². The van der Waals surface area contributed by atoms with Gasteiger partial charge >= 0.3 is 0 Å². The third-order valence-corrected chi connectivity index (χ3v) is 5.30. The van der Waals surface area contributed by atoms with Gasteiger partial charge in [0.15, 0.2) is 0 Å². The van der Waals surface area contributed by atoms with Gasteiger partial charge in [-0.1, -0.05) is 76.3 Å². The molecule has 1 aromatic carbocycles. The maximum Gasteiger partial charge on any atom is 0.0377 e. The second-order valence-electron chi connectivity index (χ2n) is 5.81. The highest BCUT2D eigenvalue weighted by molar-refractivity contribution is 7.14. The van der Waals surface area contributed by atoms with Crippen molar-refractivity contribution in [1.29, 1.82) is 0 Å². The maximum atomic E-state index is 2.37. The van der Waals surface area contributed by atoms with Crippen LogP contribution in [0, 0.1) is 0 Å². The molecule has 0 radical (unpaired) electrons. The van der Waals surface area contributed by atoms with Gasteiger partial charge in [0, 0.05) is 4.88 Å². The van der Waals surface area contributed by atoms with Gasteiger partial charge in [0.05, 0.1) is 0 Å². The first-order chi connectivity index (χ1) is 10.4. The smallest absolute Gasteiger partial charge is 0.0377 e. The predicted octanol–water partition coefficient (Wildman–Crippen LogP) is 6.88. The van der Waals surface area contributed by atoms with E-state index in [0.29, 0.717) is 0 Å². The second-order valence-corrected chi connectivity index (χ2v) is 6.69. The van der Waals surface area contributed by atoms with Gasteiger partial charge < -0.3 is 0 Å². The molecule has 2 rings (SSSR count). The molecule has 1 heteroatoms. The van der Waals surface area contributed by atoms with Crippen LogP contribution in [0.3, 0.4) is 0 Å². The van der Waals surface area contributed by atoms with Crippen LogP contribution in [0.2, 0.25) is 0 Å². The quantitative estimate of drug-likeness (QED) is 0.443. The van der Waals surface area contributed by atoms with Crippen LogP contribution in [-0.4, -0.2) is 0 Å². The Morgan fingerprint density at radius 1 is 0.857 bits per heavy atom. The fraction of sp³-hybridized carbons (Fsp3) is 0.500. The summed E-state index contributed by atoms with van der Waals surface area (Å²) in [6, 6.07) is 10.9. The van der Waals surface area contributed by atoms with Crippen molar-refractivity contribution < 1.29 is 0 Å². The zero-order chi connectivity index (χ0) is 14.9. The van der Waals surface area contributed by atoms with Gasteiger partial charge in [0.2, 0.25) is 0 Å². The summed E-state index contributed by atoms with van der Waals surface area (Å²) < 4.78 is 0. The SMILES string of the molecule is CCCCCCCCc1c(CC)csc1-c1ccccc1. The number of unbranched alkanes of at least 4 members (excludes halogenated alkanes) is 5. The first-order valence-corrected chi connectivity index (χ1v) is 9.39. The first-order valence-electron chi connectivity index (χ1n) is 8.51. The fourth-order valence-electron chi connectivity index (χ4n) is 2.90. The minimum absolute atomic E-state index is 1.16. The molecule has 21 heavy (non-hydrogen) atoms. The average Bonchev–Trinajstić information content (AvgIpc) is 2.94. The molecular formula is C20H28S. The second kappa shape index (κ2) is 9.04. The normalized spacial score (nSPS) is 11.0. The van der Waals surface area contributed by atoms with Crippen LogP contribution >= 0.6 is 11.3 Å². The fourth-order valence-corrected chi connectivity index (χ4v) is 4.12. The van der Waals surface area contributed by atoms with Crippen LogP contribution < -0.4 is 0 Å². The van der Waals surface area contributed by atoms with Gasteiger partial charge in [0.1, 0.15) is 0 Å². The van der Waals surface area contributed by atoms with Crippen LogP contribution in [0.1, 0.15) is 63.5 Å². The van der Waals surface area contributed by atoms with Crippen LogP contribution in [0.15, 0.2) is 35.7 Å². The van der Waals surface area contributed by atoms with Crippen LogP contribution in [0.5, 0.6) is 0 Å². The summed E-state index contributed by atoms with van der Waals surface area (Å²) in [6.45, 7) is 4.56. The number of aryl methyl sites for hydroxylation is 1. The molecule has 0 spiro atoms. The van der Waals surface area contributed by atoms with Gasteiger partial charge in [-0.3, -0.25) is 0 Å². The summed E-state index contributed by atoms with van der Waals surface area (Å²) in [5, 5.41) is 2.37. The molecule has 0 nitrogen and oxygen atoms in total. The summed E-state index contributed by atoms with van der Waals surface area (Å²) in [7, 11) is 0. The van der Waals surface area contributed by atoms with E-state index in [9.17, 15) is 0 Å². The van der Waals surface area contributed by atoms with Crippen LogP contribution in [-0.2, 0) is 12.8 Å². The maximum absolute atomic E-state index is 2.37. The third kappa shape index (κ3) is 4.71. The predicted molar refractivity (Wildman–Crippen MR) is 96.2 cm³/mol. The largest absolute Gasteiger partial charge is 0.143 e. The van der Waals surface area contributed by atoms with Gasteiger partial charge in [-0.05, 0) is 41.3 Å². The van der Waals surface area contributed by atoms with Gasteiger partial charge in [-0.15, -0.1) is 11.3 Å². The van der Waals surface area contributed by atoms with E-state index >= 15 is 0 Å². The zero-order valence-corrected chi connectivity index (χ0v) is 14.3. The number of benzene rings is 1. The van der Waals surface area contributed by atoms with E-state index in [1.54, 1.807) is 11.1 Å². The Kier molecular flexibility index (Phi) is 7.02. The molecule has 0 atom stereocenters. The molecule has 0 unspecified atom stereocenters. The van der Waals surface area contributed by atoms with E-state index in [0.717, 1.165) is 6.42 Å². The minimum Gasteiger partial charge on any atom is -0.143 e. The summed E-state index contributed by atoms with van der Waals surface area (Å²) >= 11 is 1.93. The Morgan fingerprint density at radius 2 is 1.57 bits per heavy atom. The molecule has 0 saturated carbocycles. The van der Waals surface area contributed by atoms with E-state index < -0.39 is 0 Å². The Morgan fingerprint density at radius 3 is 2.29 bits per heavy atom. The highest BCUT2D eigenvalue weighted by Crippen LogP contribution is 2.34. The van der Waals surface area contributed by atoms with E-state index in [1.807, 2.05) is 11.3 Å². The first kappa shape index (κ1) is 16.3. The molecule has 0 saturated heterocycles. The molecule has 0 aliphatic carbocycles. The van der Waals surface area contributed by atoms with Crippen molar-refractivity contribution in [2.45, 2.75) is 65.2 Å². The van der Waals surface area contributed by atoms with E-state index in [1.165, 1.54) is 55.4 Å². The summed E-state index contributed by atoms with van der Waals surface area (Å²) in [5.74, 6) is 0. The number of hydrogen-bond donors (Lipinski definition) is 0. The molecule has 0 fully saturated rings. The molecule has 2 aromatic rings. The highest BCUT2D eigenvalue weighted by atomic mass is 32.1. The molecule has 1 heterocycles. The van der Waals surface area contributed by atoms with Crippen molar-refractivity contribution in [2.24, 2.45) is 0 Å². The van der Waals surface area contributed by atoms with Crippen molar-refractivity contribution >= 4 is 11.3 Å². The molecule has 1 aromatic heterocycles. The molecule has 0 aliphatic heterocycles. The molecular weight excluding hydrogens is 272 g/mol. The third-order valence-electron chi connectivity index (χ3n) is 4.18. The molecule has 114 valence electrons. The summed E-state index contributed by atoms with van der Waals surface area (Å²) in [4.78, 5) is 1.50. The standard InChI is InChI=1S/C20H28S/c1-3-5-6-7-8-12-15-19-17(4-2)16-21-20(19)18-13-10-9-11-14-18/h9-11,13-14,16H,3-8,12,15H2,1-2H3. The molecule has 0 N–H and O–H groups in total. The lowest BCUT2D eigenvalue weighted by atomic mass is 9.98.